The molecule has 1 aliphatic rings. The summed E-state index contributed by atoms with van der Waals surface area (Å²) in [5, 5.41) is 10.0. The summed E-state index contributed by atoms with van der Waals surface area (Å²) in [6, 6.07) is 27.0. The van der Waals surface area contributed by atoms with Crippen LogP contribution in [-0.2, 0) is 16.0 Å². The molecule has 3 aromatic carbocycles. The Morgan fingerprint density at radius 3 is 2.14 bits per heavy atom. The molecule has 0 aliphatic carbocycles. The van der Waals surface area contributed by atoms with Crippen LogP contribution >= 0.6 is 0 Å². The fourth-order valence-corrected chi connectivity index (χ4v) is 3.77. The molecule has 3 nitrogen and oxygen atoms in total. The Bertz CT molecular complexity index is 1080. The normalized spacial score (nSPS) is 18.8. The van der Waals surface area contributed by atoms with Crippen molar-refractivity contribution in [2.45, 2.75) is 12.3 Å². The van der Waals surface area contributed by atoms with Crippen molar-refractivity contribution >= 4 is 11.7 Å². The number of ether oxygens (including phenoxy) is 1. The van der Waals surface area contributed by atoms with E-state index in [1.807, 2.05) is 48.5 Å². The zero-order valence-corrected chi connectivity index (χ0v) is 15.6. The Balaban J connectivity index is 1.86. The highest BCUT2D eigenvalue weighted by Crippen LogP contribution is 2.43. The van der Waals surface area contributed by atoms with Crippen molar-refractivity contribution in [3.63, 3.8) is 0 Å². The predicted octanol–water partition coefficient (Wildman–Crippen LogP) is 5.26. The molecule has 0 aromatic heterocycles. The first-order chi connectivity index (χ1) is 14.2. The van der Waals surface area contributed by atoms with Crippen molar-refractivity contribution in [2.75, 3.05) is 0 Å². The van der Waals surface area contributed by atoms with Gasteiger partial charge in [-0.3, -0.25) is 4.79 Å². The number of hydrogen-bond donors (Lipinski definition) is 0. The van der Waals surface area contributed by atoms with Crippen molar-refractivity contribution in [1.29, 1.82) is 5.26 Å². The van der Waals surface area contributed by atoms with Gasteiger partial charge >= 0.3 is 5.97 Å². The van der Waals surface area contributed by atoms with E-state index in [2.05, 4.69) is 6.07 Å². The van der Waals surface area contributed by atoms with Crippen LogP contribution in [0.2, 0.25) is 0 Å². The summed E-state index contributed by atoms with van der Waals surface area (Å²) in [4.78, 5) is 13.1. The van der Waals surface area contributed by atoms with Crippen LogP contribution in [0.15, 0.2) is 90.5 Å². The molecule has 0 bridgehead atoms. The quantitative estimate of drug-likeness (QED) is 0.578. The van der Waals surface area contributed by atoms with E-state index in [1.165, 1.54) is 12.1 Å². The third-order valence-corrected chi connectivity index (χ3v) is 5.15. The van der Waals surface area contributed by atoms with Gasteiger partial charge in [0, 0.05) is 11.5 Å². The summed E-state index contributed by atoms with van der Waals surface area (Å²) in [5.41, 5.74) is 2.74. The van der Waals surface area contributed by atoms with E-state index in [9.17, 15) is 14.4 Å². The first-order valence-corrected chi connectivity index (χ1v) is 9.38. The minimum Gasteiger partial charge on any atom is -0.425 e. The first-order valence-electron chi connectivity index (χ1n) is 9.38. The van der Waals surface area contributed by atoms with Crippen molar-refractivity contribution in [3.8, 4) is 6.07 Å². The summed E-state index contributed by atoms with van der Waals surface area (Å²) in [6.07, 6.45) is 0.426. The number of hydrogen-bond acceptors (Lipinski definition) is 3. The highest BCUT2D eigenvalue weighted by atomic mass is 19.1. The molecule has 4 heteroatoms. The van der Waals surface area contributed by atoms with Crippen molar-refractivity contribution < 1.29 is 13.9 Å². The topological polar surface area (TPSA) is 50.1 Å². The fourth-order valence-electron chi connectivity index (χ4n) is 3.77. The van der Waals surface area contributed by atoms with E-state index < -0.39 is 11.8 Å². The summed E-state index contributed by atoms with van der Waals surface area (Å²) in [7, 11) is 0. The van der Waals surface area contributed by atoms with E-state index in [-0.39, 0.29) is 17.5 Å². The van der Waals surface area contributed by atoms with E-state index in [0.29, 0.717) is 23.1 Å². The zero-order chi connectivity index (χ0) is 20.2. The molecule has 1 heterocycles. The Kier molecular flexibility index (Phi) is 5.22. The van der Waals surface area contributed by atoms with E-state index >= 15 is 0 Å². The van der Waals surface area contributed by atoms with Gasteiger partial charge in [-0.1, -0.05) is 72.8 Å². The number of nitriles is 1. The number of cyclic esters (lactones) is 1. The average Bonchev–Trinajstić information content (AvgIpc) is 2.77. The van der Waals surface area contributed by atoms with Gasteiger partial charge in [-0.15, -0.1) is 0 Å². The lowest BCUT2D eigenvalue weighted by molar-refractivity contribution is -0.143. The van der Waals surface area contributed by atoms with Gasteiger partial charge < -0.3 is 4.74 Å². The average molecular weight is 383 g/mol. The second kappa shape index (κ2) is 8.12. The highest BCUT2D eigenvalue weighted by Gasteiger charge is 2.41. The van der Waals surface area contributed by atoms with Gasteiger partial charge in [0.15, 0.2) is 5.76 Å². The van der Waals surface area contributed by atoms with Crippen molar-refractivity contribution in [2.24, 2.45) is 5.92 Å². The molecule has 142 valence electrons. The lowest BCUT2D eigenvalue weighted by Gasteiger charge is -2.32. The molecule has 3 aromatic rings. The number of rotatable bonds is 4. The van der Waals surface area contributed by atoms with Crippen LogP contribution in [0.5, 0.6) is 0 Å². The summed E-state index contributed by atoms with van der Waals surface area (Å²) < 4.78 is 19.2. The number of esters is 1. The fraction of sp³-hybridized carbons (Fsp3) is 0.120. The Labute approximate surface area is 168 Å². The summed E-state index contributed by atoms with van der Waals surface area (Å²) in [6.45, 7) is 0. The van der Waals surface area contributed by atoms with Crippen LogP contribution in [-0.4, -0.2) is 5.97 Å². The molecule has 0 N–H and O–H groups in total. The van der Waals surface area contributed by atoms with Gasteiger partial charge in [-0.2, -0.15) is 5.26 Å². The molecular formula is C25H18FNO2. The third kappa shape index (κ3) is 3.81. The lowest BCUT2D eigenvalue weighted by Crippen LogP contribution is -2.32. The van der Waals surface area contributed by atoms with Gasteiger partial charge in [-0.05, 0) is 29.7 Å². The lowest BCUT2D eigenvalue weighted by atomic mass is 9.75. The van der Waals surface area contributed by atoms with Crippen LogP contribution in [0.3, 0.4) is 0 Å². The second-order valence-electron chi connectivity index (χ2n) is 6.97. The van der Waals surface area contributed by atoms with E-state index in [0.717, 1.165) is 5.56 Å². The Morgan fingerprint density at radius 2 is 1.52 bits per heavy atom. The Hall–Kier alpha value is -3.71. The zero-order valence-electron chi connectivity index (χ0n) is 15.6. The largest absolute Gasteiger partial charge is 0.425 e. The number of carbonyl (C=O) groups is 1. The van der Waals surface area contributed by atoms with Crippen LogP contribution in [0, 0.1) is 23.1 Å². The molecule has 0 unspecified atom stereocenters. The Morgan fingerprint density at radius 1 is 0.897 bits per heavy atom. The number of benzene rings is 3. The molecule has 0 saturated carbocycles. The molecule has 1 aliphatic heterocycles. The van der Waals surface area contributed by atoms with Gasteiger partial charge in [0.05, 0.1) is 17.6 Å². The molecule has 0 fully saturated rings. The van der Waals surface area contributed by atoms with Gasteiger partial charge in [0.2, 0.25) is 0 Å². The number of allylic oxidation sites excluding steroid dienone is 1. The van der Waals surface area contributed by atoms with Crippen LogP contribution in [0.25, 0.3) is 5.76 Å². The van der Waals surface area contributed by atoms with Crippen molar-refractivity contribution in [1.82, 2.24) is 0 Å². The summed E-state index contributed by atoms with van der Waals surface area (Å²) >= 11 is 0. The standard InChI is InChI=1S/C25H18FNO2/c26-20-13-11-18(12-14-20)23-21(15-17-7-3-1-4-8-17)25(28)29-24(22(23)16-27)19-9-5-2-6-10-19/h1-14,21,23H,15H2/t21-,23+/m0/s1. The maximum atomic E-state index is 13.5. The number of halogens is 1. The molecule has 0 saturated heterocycles. The molecular weight excluding hydrogens is 365 g/mol. The number of nitrogens with zero attached hydrogens (tertiary/aromatic N) is 1. The van der Waals surface area contributed by atoms with E-state index in [1.54, 1.807) is 24.3 Å². The van der Waals surface area contributed by atoms with Crippen molar-refractivity contribution in [3.05, 3.63) is 113 Å². The summed E-state index contributed by atoms with van der Waals surface area (Å²) in [5.74, 6) is -1.57. The molecule has 2 atom stereocenters. The van der Waals surface area contributed by atoms with E-state index in [4.69, 9.17) is 4.74 Å². The predicted molar refractivity (Wildman–Crippen MR) is 108 cm³/mol. The maximum Gasteiger partial charge on any atom is 0.315 e. The maximum absolute atomic E-state index is 13.5. The van der Waals surface area contributed by atoms with Crippen LogP contribution in [0.4, 0.5) is 4.39 Å². The van der Waals surface area contributed by atoms with Crippen LogP contribution in [0.1, 0.15) is 22.6 Å². The second-order valence-corrected chi connectivity index (χ2v) is 6.97. The van der Waals surface area contributed by atoms with Crippen LogP contribution < -0.4 is 0 Å². The minimum absolute atomic E-state index is 0.275. The number of carbonyl (C=O) groups excluding carboxylic acids is 1. The van der Waals surface area contributed by atoms with Gasteiger partial charge in [0.25, 0.3) is 0 Å². The monoisotopic (exact) mass is 383 g/mol. The highest BCUT2D eigenvalue weighted by molar-refractivity contribution is 5.87. The molecule has 29 heavy (non-hydrogen) atoms. The molecule has 4 rings (SSSR count). The smallest absolute Gasteiger partial charge is 0.315 e. The SMILES string of the molecule is N#CC1=C(c2ccccc2)OC(=O)[C@@H](Cc2ccccc2)[C@H]1c1ccc(F)cc1. The minimum atomic E-state index is -0.579. The van der Waals surface area contributed by atoms with Gasteiger partial charge in [-0.25, -0.2) is 4.39 Å². The molecule has 0 spiro atoms. The molecule has 0 amide bonds. The third-order valence-electron chi connectivity index (χ3n) is 5.15. The van der Waals surface area contributed by atoms with Gasteiger partial charge in [0.1, 0.15) is 5.82 Å². The first kappa shape index (κ1) is 18.6. The molecule has 0 radical (unpaired) electrons.